The Morgan fingerprint density at radius 3 is 2.33 bits per heavy atom. The van der Waals surface area contributed by atoms with E-state index in [2.05, 4.69) is 62.5 Å². The van der Waals surface area contributed by atoms with E-state index in [1.807, 2.05) is 23.1 Å². The van der Waals surface area contributed by atoms with Crippen LogP contribution in [0.15, 0.2) is 54.6 Å². The predicted octanol–water partition coefficient (Wildman–Crippen LogP) is 3.53. The van der Waals surface area contributed by atoms with Gasteiger partial charge in [-0.1, -0.05) is 54.6 Å². The van der Waals surface area contributed by atoms with E-state index < -0.39 is 0 Å². The van der Waals surface area contributed by atoms with E-state index in [0.717, 1.165) is 18.5 Å². The van der Waals surface area contributed by atoms with Gasteiger partial charge in [0.1, 0.15) is 0 Å². The van der Waals surface area contributed by atoms with Crippen LogP contribution in [0.1, 0.15) is 37.5 Å². The Balaban J connectivity index is 1.80. The van der Waals surface area contributed by atoms with Gasteiger partial charge in [0.25, 0.3) is 0 Å². The van der Waals surface area contributed by atoms with Crippen molar-refractivity contribution in [1.82, 2.24) is 10.2 Å². The van der Waals surface area contributed by atoms with Crippen LogP contribution in [0.4, 0.5) is 0 Å². The average molecular weight is 322 g/mol. The summed E-state index contributed by atoms with van der Waals surface area (Å²) in [5.74, 6) is 0.181. The third-order valence-corrected chi connectivity index (χ3v) is 4.64. The minimum Gasteiger partial charge on any atom is -0.332 e. The van der Waals surface area contributed by atoms with Gasteiger partial charge in [0.2, 0.25) is 5.91 Å². The Hall–Kier alpha value is -2.13. The molecule has 0 spiro atoms. The summed E-state index contributed by atoms with van der Waals surface area (Å²) in [6, 6.07) is 18.4. The molecule has 1 aliphatic rings. The highest BCUT2D eigenvalue weighted by atomic mass is 16.2. The fraction of sp³-hybridized carbons (Fsp3) is 0.381. The van der Waals surface area contributed by atoms with Crippen LogP contribution < -0.4 is 5.32 Å². The maximum Gasteiger partial charge on any atom is 0.240 e. The van der Waals surface area contributed by atoms with Gasteiger partial charge in [-0.05, 0) is 43.9 Å². The number of fused-ring (bicyclic) bond motifs is 1. The smallest absolute Gasteiger partial charge is 0.240 e. The minimum atomic E-state index is -0.217. The molecule has 2 aromatic rings. The molecule has 2 aromatic carbocycles. The Kier molecular flexibility index (Phi) is 4.72. The normalized spacial score (nSPS) is 17.2. The molecule has 1 heterocycles. The van der Waals surface area contributed by atoms with Crippen molar-refractivity contribution < 1.29 is 4.79 Å². The zero-order valence-corrected chi connectivity index (χ0v) is 14.8. The van der Waals surface area contributed by atoms with E-state index in [4.69, 9.17) is 0 Å². The average Bonchev–Trinajstić information content (AvgIpc) is 2.58. The molecule has 3 rings (SSSR count). The van der Waals surface area contributed by atoms with Crippen molar-refractivity contribution in [2.24, 2.45) is 0 Å². The molecule has 0 aliphatic carbocycles. The second-order valence-corrected chi connectivity index (χ2v) is 7.49. The van der Waals surface area contributed by atoms with Crippen LogP contribution in [0.5, 0.6) is 0 Å². The van der Waals surface area contributed by atoms with E-state index in [1.54, 1.807) is 0 Å². The number of hydrogen-bond acceptors (Lipinski definition) is 2. The van der Waals surface area contributed by atoms with Crippen LogP contribution in [-0.2, 0) is 24.3 Å². The first-order valence-electron chi connectivity index (χ1n) is 8.61. The maximum atomic E-state index is 13.2. The molecule has 126 valence electrons. The molecule has 1 atom stereocenters. The fourth-order valence-electron chi connectivity index (χ4n) is 3.23. The quantitative estimate of drug-likeness (QED) is 0.937. The molecule has 1 amide bonds. The number of nitrogens with one attached hydrogen (secondary N) is 1. The van der Waals surface area contributed by atoms with Gasteiger partial charge in [-0.15, -0.1) is 0 Å². The van der Waals surface area contributed by atoms with Crippen molar-refractivity contribution in [1.29, 1.82) is 0 Å². The molecule has 3 nitrogen and oxygen atoms in total. The van der Waals surface area contributed by atoms with Crippen LogP contribution in [0, 0.1) is 0 Å². The molecule has 1 N–H and O–H groups in total. The topological polar surface area (TPSA) is 32.3 Å². The molecule has 1 aliphatic heterocycles. The standard InChI is InChI=1S/C21H26N2O/c1-21(2,3)23(15-16-9-5-4-6-10-16)20(24)19-13-17-11-7-8-12-18(17)14-22-19/h4-12,19,22H,13-15H2,1-3H3. The van der Waals surface area contributed by atoms with Crippen LogP contribution in [0.3, 0.4) is 0 Å². The molecule has 0 bridgehead atoms. The maximum absolute atomic E-state index is 13.2. The van der Waals surface area contributed by atoms with Gasteiger partial charge in [0.05, 0.1) is 6.04 Å². The summed E-state index contributed by atoms with van der Waals surface area (Å²) >= 11 is 0. The third kappa shape index (κ3) is 3.68. The lowest BCUT2D eigenvalue weighted by atomic mass is 9.93. The molecule has 0 saturated heterocycles. The monoisotopic (exact) mass is 322 g/mol. The number of amides is 1. The largest absolute Gasteiger partial charge is 0.332 e. The van der Waals surface area contributed by atoms with E-state index in [9.17, 15) is 4.79 Å². The minimum absolute atomic E-state index is 0.150. The lowest BCUT2D eigenvalue weighted by Crippen LogP contribution is -2.54. The summed E-state index contributed by atoms with van der Waals surface area (Å²) in [6.45, 7) is 7.71. The zero-order chi connectivity index (χ0) is 17.2. The van der Waals surface area contributed by atoms with E-state index in [-0.39, 0.29) is 17.5 Å². The number of hydrogen-bond donors (Lipinski definition) is 1. The van der Waals surface area contributed by atoms with E-state index in [1.165, 1.54) is 11.1 Å². The molecule has 0 radical (unpaired) electrons. The number of rotatable bonds is 3. The summed E-state index contributed by atoms with van der Waals surface area (Å²) in [6.07, 6.45) is 0.760. The van der Waals surface area contributed by atoms with Crippen molar-refractivity contribution in [3.8, 4) is 0 Å². The van der Waals surface area contributed by atoms with Crippen LogP contribution in [-0.4, -0.2) is 22.4 Å². The highest BCUT2D eigenvalue weighted by molar-refractivity contribution is 5.83. The summed E-state index contributed by atoms with van der Waals surface area (Å²) in [4.78, 5) is 15.2. The molecule has 0 fully saturated rings. The first-order chi connectivity index (χ1) is 11.4. The van der Waals surface area contributed by atoms with Crippen molar-refractivity contribution in [3.05, 3.63) is 71.3 Å². The first-order valence-corrected chi connectivity index (χ1v) is 8.61. The predicted molar refractivity (Wildman–Crippen MR) is 97.5 cm³/mol. The zero-order valence-electron chi connectivity index (χ0n) is 14.8. The second-order valence-electron chi connectivity index (χ2n) is 7.49. The van der Waals surface area contributed by atoms with Crippen LogP contribution >= 0.6 is 0 Å². The highest BCUT2D eigenvalue weighted by Crippen LogP contribution is 2.23. The van der Waals surface area contributed by atoms with Crippen LogP contribution in [0.25, 0.3) is 0 Å². The van der Waals surface area contributed by atoms with Gasteiger partial charge in [0.15, 0.2) is 0 Å². The molecular formula is C21H26N2O. The second kappa shape index (κ2) is 6.78. The van der Waals surface area contributed by atoms with Crippen LogP contribution in [0.2, 0.25) is 0 Å². The molecule has 3 heteroatoms. The van der Waals surface area contributed by atoms with Gasteiger partial charge < -0.3 is 10.2 Å². The first kappa shape index (κ1) is 16.7. The Morgan fingerprint density at radius 1 is 1.04 bits per heavy atom. The van der Waals surface area contributed by atoms with Crippen molar-refractivity contribution >= 4 is 5.91 Å². The van der Waals surface area contributed by atoms with E-state index in [0.29, 0.717) is 6.54 Å². The van der Waals surface area contributed by atoms with E-state index >= 15 is 0 Å². The Morgan fingerprint density at radius 2 is 1.67 bits per heavy atom. The number of benzene rings is 2. The van der Waals surface area contributed by atoms with Crippen molar-refractivity contribution in [2.75, 3.05) is 0 Å². The summed E-state index contributed by atoms with van der Waals surface area (Å²) in [7, 11) is 0. The fourth-order valence-corrected chi connectivity index (χ4v) is 3.23. The highest BCUT2D eigenvalue weighted by Gasteiger charge is 2.33. The molecular weight excluding hydrogens is 296 g/mol. The summed E-state index contributed by atoms with van der Waals surface area (Å²) in [5.41, 5.74) is 3.53. The molecule has 24 heavy (non-hydrogen) atoms. The van der Waals surface area contributed by atoms with Crippen molar-refractivity contribution in [3.63, 3.8) is 0 Å². The molecule has 1 unspecified atom stereocenters. The summed E-state index contributed by atoms with van der Waals surface area (Å²) in [5, 5.41) is 3.42. The van der Waals surface area contributed by atoms with Gasteiger partial charge in [-0.2, -0.15) is 0 Å². The lowest BCUT2D eigenvalue weighted by molar-refractivity contribution is -0.139. The van der Waals surface area contributed by atoms with Gasteiger partial charge >= 0.3 is 0 Å². The molecule has 0 saturated carbocycles. The molecule has 0 aromatic heterocycles. The van der Waals surface area contributed by atoms with Crippen molar-refractivity contribution in [2.45, 2.75) is 51.9 Å². The number of carbonyl (C=O) groups is 1. The third-order valence-electron chi connectivity index (χ3n) is 4.64. The van der Waals surface area contributed by atoms with Gasteiger partial charge in [-0.3, -0.25) is 4.79 Å². The number of nitrogens with zero attached hydrogens (tertiary/aromatic N) is 1. The van der Waals surface area contributed by atoms with Gasteiger partial charge in [-0.25, -0.2) is 0 Å². The Labute approximate surface area is 144 Å². The summed E-state index contributed by atoms with van der Waals surface area (Å²) < 4.78 is 0. The SMILES string of the molecule is CC(C)(C)N(Cc1ccccc1)C(=O)C1Cc2ccccc2CN1. The number of carbonyl (C=O) groups excluding carboxylic acids is 1. The van der Waals surface area contributed by atoms with Gasteiger partial charge in [0, 0.05) is 18.6 Å². The Bertz CT molecular complexity index is 703. The lowest BCUT2D eigenvalue weighted by Gasteiger charge is -2.39.